The van der Waals surface area contributed by atoms with E-state index in [1.807, 2.05) is 30.3 Å². The summed E-state index contributed by atoms with van der Waals surface area (Å²) in [6, 6.07) is 19.3. The van der Waals surface area contributed by atoms with Gasteiger partial charge in [0.25, 0.3) is 5.56 Å². The van der Waals surface area contributed by atoms with Gasteiger partial charge in [-0.3, -0.25) is 14.2 Å². The number of Topliss-reactive ketones (excluding diaryl/α,β-unsaturated/α-hetero) is 1. The van der Waals surface area contributed by atoms with Crippen LogP contribution in [0.2, 0.25) is 10.0 Å². The van der Waals surface area contributed by atoms with Gasteiger partial charge in [0.2, 0.25) is 0 Å². The zero-order valence-electron chi connectivity index (χ0n) is 21.1. The van der Waals surface area contributed by atoms with Crippen LogP contribution in [-0.2, 0) is 4.79 Å². The largest absolute Gasteiger partial charge is 0.458 e. The van der Waals surface area contributed by atoms with Gasteiger partial charge in [-0.15, -0.1) is 0 Å². The van der Waals surface area contributed by atoms with Crippen LogP contribution >= 0.6 is 50.5 Å². The van der Waals surface area contributed by atoms with Gasteiger partial charge in [0.15, 0.2) is 10.6 Å². The summed E-state index contributed by atoms with van der Waals surface area (Å²) in [5.41, 5.74) is 2.22. The topological polar surface area (TPSA) is 77.7 Å². The van der Waals surface area contributed by atoms with Crippen molar-refractivity contribution in [2.75, 3.05) is 0 Å². The molecule has 0 radical (unpaired) electrons. The third-order valence-electron chi connectivity index (χ3n) is 6.52. The van der Waals surface area contributed by atoms with Crippen molar-refractivity contribution in [1.29, 1.82) is 0 Å². The maximum absolute atomic E-state index is 13.8. The van der Waals surface area contributed by atoms with Crippen molar-refractivity contribution in [3.63, 3.8) is 0 Å². The second-order valence-corrected chi connectivity index (χ2v) is 11.9. The minimum Gasteiger partial charge on any atom is -0.458 e. The van der Waals surface area contributed by atoms with Crippen LogP contribution in [0.1, 0.15) is 31.4 Å². The molecule has 6 rings (SSSR count). The normalized spacial score (nSPS) is 15.3. The van der Waals surface area contributed by atoms with Gasteiger partial charge in [-0.1, -0.05) is 62.6 Å². The van der Waals surface area contributed by atoms with E-state index in [4.69, 9.17) is 32.0 Å². The highest BCUT2D eigenvalue weighted by atomic mass is 79.9. The highest BCUT2D eigenvalue weighted by Gasteiger charge is 2.33. The summed E-state index contributed by atoms with van der Waals surface area (Å²) < 4.78 is 15.1. The molecule has 0 spiro atoms. The number of rotatable bonds is 5. The molecule has 4 heterocycles. The van der Waals surface area contributed by atoms with E-state index in [9.17, 15) is 9.59 Å². The predicted molar refractivity (Wildman–Crippen MR) is 160 cm³/mol. The second-order valence-electron chi connectivity index (χ2n) is 9.17. The van der Waals surface area contributed by atoms with Crippen LogP contribution in [0, 0.1) is 0 Å². The Hall–Kier alpha value is -3.43. The number of halogens is 3. The van der Waals surface area contributed by atoms with Gasteiger partial charge in [0.05, 0.1) is 9.55 Å². The van der Waals surface area contributed by atoms with E-state index in [1.165, 1.54) is 22.8 Å². The molecule has 0 saturated carbocycles. The number of nitrogens with zero attached hydrogens (tertiary/aromatic N) is 2. The number of aromatic nitrogens is 1. The van der Waals surface area contributed by atoms with Gasteiger partial charge < -0.3 is 8.83 Å². The molecule has 1 aliphatic rings. The third-order valence-corrected chi connectivity index (χ3v) is 8.58. The van der Waals surface area contributed by atoms with Crippen molar-refractivity contribution in [2.45, 2.75) is 19.9 Å². The van der Waals surface area contributed by atoms with E-state index >= 15 is 0 Å². The first-order chi connectivity index (χ1) is 19.2. The van der Waals surface area contributed by atoms with E-state index in [1.54, 1.807) is 49.4 Å². The lowest BCUT2D eigenvalue weighted by molar-refractivity contribution is -0.114. The maximum atomic E-state index is 13.8. The fraction of sp³-hybridized carbons (Fsp3) is 0.100. The lowest BCUT2D eigenvalue weighted by atomic mass is 9.98. The molecular weight excluding hydrogens is 635 g/mol. The van der Waals surface area contributed by atoms with Gasteiger partial charge in [-0.2, -0.15) is 0 Å². The smallest absolute Gasteiger partial charge is 0.271 e. The highest BCUT2D eigenvalue weighted by molar-refractivity contribution is 9.10. The van der Waals surface area contributed by atoms with Crippen LogP contribution < -0.4 is 14.9 Å². The Morgan fingerprint density at radius 1 is 1.02 bits per heavy atom. The fourth-order valence-corrected chi connectivity index (χ4v) is 6.50. The molecule has 1 aliphatic heterocycles. The molecular formula is C30H19BrCl2N2O4S. The summed E-state index contributed by atoms with van der Waals surface area (Å²) in [6.07, 6.45) is 1.66. The number of hydrogen-bond donors (Lipinski definition) is 0. The summed E-state index contributed by atoms with van der Waals surface area (Å²) in [5.74, 6) is 1.94. The van der Waals surface area contributed by atoms with Gasteiger partial charge in [0.1, 0.15) is 29.1 Å². The summed E-state index contributed by atoms with van der Waals surface area (Å²) in [7, 11) is 0. The average Bonchev–Trinajstić information content (AvgIpc) is 3.64. The Bertz CT molecular complexity index is 2010. The molecule has 2 aromatic carbocycles. The number of thiazole rings is 1. The van der Waals surface area contributed by atoms with E-state index in [0.717, 1.165) is 10.0 Å². The Morgan fingerprint density at radius 3 is 2.50 bits per heavy atom. The van der Waals surface area contributed by atoms with Crippen LogP contribution in [0.4, 0.5) is 0 Å². The van der Waals surface area contributed by atoms with Crippen molar-refractivity contribution < 1.29 is 13.6 Å². The quantitative estimate of drug-likeness (QED) is 0.198. The highest BCUT2D eigenvalue weighted by Crippen LogP contribution is 2.35. The molecule has 40 heavy (non-hydrogen) atoms. The molecule has 0 fully saturated rings. The lowest BCUT2D eigenvalue weighted by Gasteiger charge is -2.22. The minimum absolute atomic E-state index is 0.183. The predicted octanol–water partition coefficient (Wildman–Crippen LogP) is 7.41. The van der Waals surface area contributed by atoms with Crippen LogP contribution in [0.15, 0.2) is 101 Å². The molecule has 1 atom stereocenters. The van der Waals surface area contributed by atoms with Crippen LogP contribution in [0.25, 0.3) is 28.7 Å². The molecule has 10 heteroatoms. The Labute approximate surface area is 250 Å². The van der Waals surface area contributed by atoms with Crippen molar-refractivity contribution in [3.8, 4) is 22.6 Å². The lowest BCUT2D eigenvalue weighted by Crippen LogP contribution is -2.39. The van der Waals surface area contributed by atoms with Crippen molar-refractivity contribution in [2.24, 2.45) is 4.99 Å². The van der Waals surface area contributed by atoms with Gasteiger partial charge in [0, 0.05) is 38.0 Å². The Balaban J connectivity index is 1.45. The molecule has 0 N–H and O–H groups in total. The van der Waals surface area contributed by atoms with E-state index < -0.39 is 6.04 Å². The number of carbonyl (C=O) groups excluding carboxylic acids is 1. The maximum Gasteiger partial charge on any atom is 0.271 e. The monoisotopic (exact) mass is 652 g/mol. The van der Waals surface area contributed by atoms with Crippen molar-refractivity contribution in [3.05, 3.63) is 124 Å². The molecule has 0 unspecified atom stereocenters. The van der Waals surface area contributed by atoms with Gasteiger partial charge in [-0.05, 0) is 68.4 Å². The molecule has 0 saturated heterocycles. The average molecular weight is 654 g/mol. The summed E-state index contributed by atoms with van der Waals surface area (Å²) in [4.78, 5) is 31.7. The number of fused-ring (bicyclic) bond motifs is 1. The fourth-order valence-electron chi connectivity index (χ4n) is 4.70. The third kappa shape index (κ3) is 4.86. The van der Waals surface area contributed by atoms with Crippen LogP contribution in [0.5, 0.6) is 0 Å². The van der Waals surface area contributed by atoms with Crippen molar-refractivity contribution in [1.82, 2.24) is 4.57 Å². The molecule has 5 aromatic rings. The number of hydrogen-bond acceptors (Lipinski definition) is 6. The summed E-state index contributed by atoms with van der Waals surface area (Å²) >= 11 is 17.0. The second kappa shape index (κ2) is 10.5. The standard InChI is InChI=1S/C30H19BrCl2N2O4S/c1-15-27(16(2)36)28(25-12-11-23(39-25)17-3-5-18(31)6-4-17)35-29(37)26(40-30(35)34-15)14-20-8-10-24(38-20)21-9-7-19(32)13-22(21)33/h3-14,28H,1-2H3/b26-14+/t28-/m0/s1. The zero-order chi connectivity index (χ0) is 28.1. The van der Waals surface area contributed by atoms with E-state index in [2.05, 4.69) is 20.9 Å². The number of furan rings is 2. The van der Waals surface area contributed by atoms with E-state index in [0.29, 0.717) is 59.3 Å². The summed E-state index contributed by atoms with van der Waals surface area (Å²) in [6.45, 7) is 3.25. The number of allylic oxidation sites excluding steroid dienone is 2. The van der Waals surface area contributed by atoms with E-state index in [-0.39, 0.29) is 11.3 Å². The molecule has 6 nitrogen and oxygen atoms in total. The minimum atomic E-state index is -0.750. The first kappa shape index (κ1) is 26.8. The molecule has 3 aromatic heterocycles. The zero-order valence-corrected chi connectivity index (χ0v) is 25.0. The SMILES string of the molecule is CC(=O)C1=C(C)N=c2s/c(=C/c3ccc(-c4ccc(Cl)cc4Cl)o3)c(=O)n2[C@H]1c1ccc(-c2ccc(Br)cc2)o1. The summed E-state index contributed by atoms with van der Waals surface area (Å²) in [5, 5.41) is 0.984. The van der Waals surface area contributed by atoms with Gasteiger partial charge >= 0.3 is 0 Å². The number of benzene rings is 2. The first-order valence-electron chi connectivity index (χ1n) is 12.1. The van der Waals surface area contributed by atoms with Crippen LogP contribution in [0.3, 0.4) is 0 Å². The number of ketones is 1. The Morgan fingerprint density at radius 2 is 1.77 bits per heavy atom. The van der Waals surface area contributed by atoms with Crippen molar-refractivity contribution >= 4 is 62.3 Å². The molecule has 200 valence electrons. The molecule has 0 amide bonds. The first-order valence-corrected chi connectivity index (χ1v) is 14.5. The molecule has 0 aliphatic carbocycles. The molecule has 0 bridgehead atoms. The van der Waals surface area contributed by atoms with Crippen LogP contribution in [-0.4, -0.2) is 10.4 Å². The number of carbonyl (C=O) groups is 1. The van der Waals surface area contributed by atoms with Gasteiger partial charge in [-0.25, -0.2) is 4.99 Å². The Kier molecular flexibility index (Phi) is 7.04.